The molecule has 136 valence electrons. The molecule has 14 heteroatoms. The quantitative estimate of drug-likeness (QED) is 0.333. The summed E-state index contributed by atoms with van der Waals surface area (Å²) in [6.07, 6.45) is 0. The summed E-state index contributed by atoms with van der Waals surface area (Å²) in [6.45, 7) is 13.9. The molecule has 0 aliphatic heterocycles. The Morgan fingerprint density at radius 2 is 0.545 bits per heavy atom. The molecule has 0 unspecified atom stereocenters. The molecule has 0 atom stereocenters. The van der Waals surface area contributed by atoms with Crippen molar-refractivity contribution in [2.45, 2.75) is 27.7 Å². The zero-order valence-electron chi connectivity index (χ0n) is 14.9. The van der Waals surface area contributed by atoms with Crippen molar-refractivity contribution in [1.29, 1.82) is 0 Å². The summed E-state index contributed by atoms with van der Waals surface area (Å²) in [5.74, 6) is 0. The van der Waals surface area contributed by atoms with Gasteiger partial charge in [-0.1, -0.05) is 0 Å². The Labute approximate surface area is 188 Å². The number of hydrogen-bond donors (Lipinski definition) is 2. The van der Waals surface area contributed by atoms with E-state index in [2.05, 4.69) is 13.8 Å². The smallest absolute Gasteiger partial charge is 0.693 e. The van der Waals surface area contributed by atoms with Crippen LogP contribution < -0.4 is 0 Å². The molecule has 0 aliphatic carbocycles. The zero-order chi connectivity index (χ0) is 9.41. The summed E-state index contributed by atoms with van der Waals surface area (Å²) < 4.78 is 0. The molecule has 0 bridgehead atoms. The molecule has 10 nitrogen and oxygen atoms in total. The van der Waals surface area contributed by atoms with Crippen LogP contribution in [0.15, 0.2) is 0 Å². The predicted molar refractivity (Wildman–Crippen MR) is 83.2 cm³/mol. The van der Waals surface area contributed by atoms with E-state index in [1.54, 1.807) is 27.7 Å². The molecule has 0 saturated carbocycles. The molecule has 0 heterocycles. The molecule has 18 N–H and O–H groups in total. The second-order valence-electron chi connectivity index (χ2n) is 0.632. The molecule has 0 aromatic heterocycles. The third-order valence-electron chi connectivity index (χ3n) is 0. The van der Waals surface area contributed by atoms with Gasteiger partial charge in [0.15, 0.2) is 0 Å². The van der Waals surface area contributed by atoms with E-state index in [4.69, 9.17) is 10.2 Å². The monoisotopic (exact) mass is 542 g/mol. The van der Waals surface area contributed by atoms with Crippen LogP contribution >= 0.6 is 0 Å². The second-order valence-corrected chi connectivity index (χ2v) is 0.632. The Morgan fingerprint density at radius 3 is 0.545 bits per heavy atom. The summed E-state index contributed by atoms with van der Waals surface area (Å²) in [5, 5.41) is 15.1. The normalized spacial score (nSPS) is 2.18. The van der Waals surface area contributed by atoms with Gasteiger partial charge in [0, 0.05) is 52.2 Å². The third-order valence-corrected chi connectivity index (χ3v) is 0. The maximum Gasteiger partial charge on any atom is 2.00 e. The SMILES string of the molecule is CCO.CCO.O.O.O.O.[CH2-]C.[CH2-]C.[NH2-].[NH2-].[NH2-].[NH2-].[Zn+2].[Zn+2].[Zn].[Zn]. The van der Waals surface area contributed by atoms with Gasteiger partial charge in [0.2, 0.25) is 0 Å². The minimum absolute atomic E-state index is 0. The van der Waals surface area contributed by atoms with Crippen molar-refractivity contribution in [2.75, 3.05) is 13.2 Å². The van der Waals surface area contributed by atoms with Crippen molar-refractivity contribution in [2.24, 2.45) is 0 Å². The first-order chi connectivity index (χ1) is 4.83. The molecule has 0 saturated heterocycles. The molecular formula is C8H38N4O6Zn4-2. The van der Waals surface area contributed by atoms with Crippen molar-refractivity contribution < 1.29 is 110 Å². The summed E-state index contributed by atoms with van der Waals surface area (Å²) in [6, 6.07) is 0. The van der Waals surface area contributed by atoms with Crippen molar-refractivity contribution in [1.82, 2.24) is 0 Å². The maximum atomic E-state index is 7.57. The average Bonchev–Trinajstić information content (AvgIpc) is 1.99. The Bertz CT molecular complexity index is 44.6. The van der Waals surface area contributed by atoms with E-state index in [0.29, 0.717) is 0 Å². The first-order valence-corrected chi connectivity index (χ1v) is 3.46. The molecule has 0 radical (unpaired) electrons. The molecule has 0 rings (SSSR count). The van der Waals surface area contributed by atoms with Crippen LogP contribution in [0.25, 0.3) is 24.6 Å². The van der Waals surface area contributed by atoms with Gasteiger partial charge in [-0.3, -0.25) is 0 Å². The van der Waals surface area contributed by atoms with Gasteiger partial charge < -0.3 is 70.6 Å². The van der Waals surface area contributed by atoms with E-state index in [9.17, 15) is 0 Å². The second kappa shape index (κ2) is 673. The molecule has 0 aliphatic rings. The van der Waals surface area contributed by atoms with Crippen LogP contribution in [0.5, 0.6) is 0 Å². The first kappa shape index (κ1) is 196. The van der Waals surface area contributed by atoms with Crippen LogP contribution in [0, 0.1) is 13.8 Å². The number of rotatable bonds is 0. The van der Waals surface area contributed by atoms with Gasteiger partial charge in [-0.05, 0) is 13.8 Å². The van der Waals surface area contributed by atoms with Crippen LogP contribution in [0.1, 0.15) is 27.7 Å². The Kier molecular flexibility index (Phi) is 6000. The molecule has 0 aromatic carbocycles. The van der Waals surface area contributed by atoms with Gasteiger partial charge in [0.25, 0.3) is 0 Å². The average molecular weight is 548 g/mol. The Balaban J connectivity index is -0.00000000133. The summed E-state index contributed by atoms with van der Waals surface area (Å²) in [5.41, 5.74) is 0. The van der Waals surface area contributed by atoms with Gasteiger partial charge >= 0.3 is 39.0 Å². The topological polar surface area (TPSA) is 300 Å². The molecular weight excluding hydrogens is 510 g/mol. The first-order valence-electron chi connectivity index (χ1n) is 3.46. The van der Waals surface area contributed by atoms with Crippen LogP contribution in [0.3, 0.4) is 0 Å². The number of hydrogen-bond acceptors (Lipinski definition) is 2. The number of aliphatic hydroxyl groups excluding tert-OH is 2. The molecule has 0 spiro atoms. The van der Waals surface area contributed by atoms with Gasteiger partial charge in [-0.2, -0.15) is 13.8 Å². The van der Waals surface area contributed by atoms with Crippen LogP contribution in [-0.4, -0.2) is 45.3 Å². The largest absolute Gasteiger partial charge is 2.00 e. The van der Waals surface area contributed by atoms with Crippen LogP contribution in [0.4, 0.5) is 0 Å². The van der Waals surface area contributed by atoms with E-state index < -0.39 is 0 Å². The standard InChI is InChI=1S/2C2H6O.2C2H5.4H2N.4H2O.4Zn/c2*1-2-3;2*1-2;;;;;;;;;;;;/h2*3H,2H2,1H3;2*1H2,2H3;8*1H2;;;;/q;;6*-1;;;;;;;2*+2. The Morgan fingerprint density at radius 1 is 0.545 bits per heavy atom. The summed E-state index contributed by atoms with van der Waals surface area (Å²) in [7, 11) is 0. The van der Waals surface area contributed by atoms with E-state index in [0.717, 1.165) is 0 Å². The van der Waals surface area contributed by atoms with Crippen LogP contribution in [-0.2, 0) is 77.9 Å². The number of nitrogens with two attached hydrogens (primary N) is 4. The fourth-order valence-electron chi connectivity index (χ4n) is 0. The van der Waals surface area contributed by atoms with Crippen molar-refractivity contribution in [3.63, 3.8) is 0 Å². The minimum atomic E-state index is 0. The van der Waals surface area contributed by atoms with Gasteiger partial charge in [-0.25, -0.2) is 0 Å². The van der Waals surface area contributed by atoms with Gasteiger partial charge in [0.05, 0.1) is 0 Å². The van der Waals surface area contributed by atoms with E-state index >= 15 is 0 Å². The fraction of sp³-hybridized carbons (Fsp3) is 0.750. The zero-order valence-corrected chi connectivity index (χ0v) is 26.7. The van der Waals surface area contributed by atoms with E-state index in [1.807, 2.05) is 0 Å². The number of aliphatic hydroxyl groups is 2. The molecule has 0 amide bonds. The minimum Gasteiger partial charge on any atom is -0.693 e. The van der Waals surface area contributed by atoms with Crippen molar-refractivity contribution >= 4 is 0 Å². The van der Waals surface area contributed by atoms with E-state index in [-0.39, 0.29) is 138 Å². The van der Waals surface area contributed by atoms with Crippen molar-refractivity contribution in [3.8, 4) is 0 Å². The van der Waals surface area contributed by atoms with Gasteiger partial charge in [0.1, 0.15) is 0 Å². The third kappa shape index (κ3) is 2240. The van der Waals surface area contributed by atoms with E-state index in [1.165, 1.54) is 0 Å². The fourth-order valence-corrected chi connectivity index (χ4v) is 0. The van der Waals surface area contributed by atoms with Crippen molar-refractivity contribution in [3.05, 3.63) is 38.4 Å². The maximum absolute atomic E-state index is 7.57. The summed E-state index contributed by atoms with van der Waals surface area (Å²) in [4.78, 5) is 0. The molecule has 22 heavy (non-hydrogen) atoms. The summed E-state index contributed by atoms with van der Waals surface area (Å²) >= 11 is 0. The molecule has 0 fully saturated rings. The van der Waals surface area contributed by atoms with Crippen LogP contribution in [0.2, 0.25) is 0 Å². The van der Waals surface area contributed by atoms with Gasteiger partial charge in [-0.15, -0.1) is 0 Å². The Hall–Kier alpha value is 2.09. The predicted octanol–water partition coefficient (Wildman–Crippen LogP) is 1.24. The molecule has 0 aromatic rings.